The van der Waals surface area contributed by atoms with Crippen molar-refractivity contribution in [1.29, 1.82) is 0 Å². The molecule has 0 heterocycles. The van der Waals surface area contributed by atoms with Crippen LogP contribution in [-0.2, 0) is 16.0 Å². The van der Waals surface area contributed by atoms with E-state index in [1.807, 2.05) is 0 Å². The van der Waals surface area contributed by atoms with Crippen molar-refractivity contribution in [2.24, 2.45) is 5.73 Å². The number of nitrogens with one attached hydrogen (secondary N) is 1. The molecule has 0 aliphatic carbocycles. The molecule has 0 aliphatic rings. The highest BCUT2D eigenvalue weighted by molar-refractivity contribution is 5.78. The van der Waals surface area contributed by atoms with Gasteiger partial charge in [0.25, 0.3) is 0 Å². The smallest absolute Gasteiger partial charge is 0.224 e. The fourth-order valence-electron chi connectivity index (χ4n) is 1.35. The summed E-state index contributed by atoms with van der Waals surface area (Å²) in [6.45, 7) is 1.62. The van der Waals surface area contributed by atoms with E-state index in [-0.39, 0.29) is 12.3 Å². The van der Waals surface area contributed by atoms with E-state index in [4.69, 9.17) is 10.5 Å². The summed E-state index contributed by atoms with van der Waals surface area (Å²) in [5, 5.41) is 2.60. The number of benzene rings is 1. The lowest BCUT2D eigenvalue weighted by Gasteiger charge is -2.06. The first-order valence-electron chi connectivity index (χ1n) is 5.62. The Morgan fingerprint density at radius 2 is 2.06 bits per heavy atom. The quantitative estimate of drug-likeness (QED) is 0.704. The van der Waals surface area contributed by atoms with Crippen LogP contribution in [0.1, 0.15) is 5.56 Å². The Morgan fingerprint density at radius 1 is 1.28 bits per heavy atom. The van der Waals surface area contributed by atoms with Crippen molar-refractivity contribution in [1.82, 2.24) is 5.32 Å². The second-order valence-corrected chi connectivity index (χ2v) is 3.68. The summed E-state index contributed by atoms with van der Waals surface area (Å²) in [4.78, 5) is 11.4. The Kier molecular flexibility index (Phi) is 6.24. The van der Waals surface area contributed by atoms with Crippen LogP contribution >= 0.6 is 0 Å². The van der Waals surface area contributed by atoms with Gasteiger partial charge in [-0.1, -0.05) is 6.07 Å². The summed E-state index contributed by atoms with van der Waals surface area (Å²) < 4.78 is 30.6. The molecule has 0 unspecified atom stereocenters. The largest absolute Gasteiger partial charge is 0.378 e. The molecule has 3 N–H and O–H groups in total. The predicted octanol–water partition coefficient (Wildman–Crippen LogP) is 0.599. The predicted molar refractivity (Wildman–Crippen MR) is 62.9 cm³/mol. The van der Waals surface area contributed by atoms with Gasteiger partial charge in [-0.3, -0.25) is 4.79 Å². The Morgan fingerprint density at radius 3 is 2.72 bits per heavy atom. The monoisotopic (exact) mass is 258 g/mol. The average molecular weight is 258 g/mol. The second-order valence-electron chi connectivity index (χ2n) is 3.68. The number of rotatable bonds is 7. The first kappa shape index (κ1) is 14.5. The highest BCUT2D eigenvalue weighted by atomic mass is 19.2. The Bertz CT molecular complexity index is 400. The Balaban J connectivity index is 2.29. The lowest BCUT2D eigenvalue weighted by atomic mass is 10.1. The van der Waals surface area contributed by atoms with Crippen molar-refractivity contribution in [3.63, 3.8) is 0 Å². The number of ether oxygens (including phenoxy) is 1. The second kappa shape index (κ2) is 7.73. The number of hydrogen-bond acceptors (Lipinski definition) is 3. The van der Waals surface area contributed by atoms with E-state index in [1.165, 1.54) is 6.07 Å². The number of nitrogens with two attached hydrogens (primary N) is 1. The van der Waals surface area contributed by atoms with Gasteiger partial charge in [0, 0.05) is 13.1 Å². The van der Waals surface area contributed by atoms with Crippen LogP contribution in [0.2, 0.25) is 0 Å². The van der Waals surface area contributed by atoms with Crippen LogP contribution in [0.3, 0.4) is 0 Å². The third kappa shape index (κ3) is 5.20. The fraction of sp³-hybridized carbons (Fsp3) is 0.417. The van der Waals surface area contributed by atoms with Crippen molar-refractivity contribution in [3.05, 3.63) is 35.4 Å². The molecular weight excluding hydrogens is 242 g/mol. The minimum Gasteiger partial charge on any atom is -0.378 e. The fourth-order valence-corrected chi connectivity index (χ4v) is 1.35. The number of hydrogen-bond donors (Lipinski definition) is 2. The standard InChI is InChI=1S/C12H16F2N2O2/c13-10-2-1-9(7-11(10)14)8-12(17)16-4-6-18-5-3-15/h1-2,7H,3-6,8,15H2,(H,16,17). The van der Waals surface area contributed by atoms with Crippen molar-refractivity contribution in [2.75, 3.05) is 26.3 Å². The minimum atomic E-state index is -0.952. The molecule has 1 amide bonds. The third-order valence-corrected chi connectivity index (χ3v) is 2.18. The van der Waals surface area contributed by atoms with Crippen molar-refractivity contribution < 1.29 is 18.3 Å². The molecular formula is C12H16F2N2O2. The summed E-state index contributed by atoms with van der Waals surface area (Å²) in [7, 11) is 0. The van der Waals surface area contributed by atoms with E-state index >= 15 is 0 Å². The van der Waals surface area contributed by atoms with Crippen LogP contribution in [-0.4, -0.2) is 32.2 Å². The average Bonchev–Trinajstić information content (AvgIpc) is 2.34. The van der Waals surface area contributed by atoms with Gasteiger partial charge < -0.3 is 15.8 Å². The minimum absolute atomic E-state index is 0.00802. The number of carbonyl (C=O) groups excluding carboxylic acids is 1. The first-order valence-corrected chi connectivity index (χ1v) is 5.62. The topological polar surface area (TPSA) is 64.3 Å². The Labute approximate surface area is 104 Å². The van der Waals surface area contributed by atoms with Crippen molar-refractivity contribution in [3.8, 4) is 0 Å². The van der Waals surface area contributed by atoms with Crippen LogP contribution < -0.4 is 11.1 Å². The van der Waals surface area contributed by atoms with Crippen LogP contribution in [0.4, 0.5) is 8.78 Å². The molecule has 0 saturated carbocycles. The van der Waals surface area contributed by atoms with Gasteiger partial charge in [-0.2, -0.15) is 0 Å². The molecule has 0 radical (unpaired) electrons. The molecule has 6 heteroatoms. The van der Waals surface area contributed by atoms with Gasteiger partial charge >= 0.3 is 0 Å². The Hall–Kier alpha value is -1.53. The lowest BCUT2D eigenvalue weighted by molar-refractivity contribution is -0.120. The third-order valence-electron chi connectivity index (χ3n) is 2.18. The maximum atomic E-state index is 12.9. The van der Waals surface area contributed by atoms with Gasteiger partial charge in [-0.25, -0.2) is 8.78 Å². The first-order chi connectivity index (χ1) is 8.63. The van der Waals surface area contributed by atoms with Gasteiger partial charge in [0.05, 0.1) is 19.6 Å². The molecule has 0 bridgehead atoms. The maximum absolute atomic E-state index is 12.9. The molecule has 4 nitrogen and oxygen atoms in total. The summed E-state index contributed by atoms with van der Waals surface area (Å²) in [5.41, 5.74) is 5.65. The molecule has 0 aromatic heterocycles. The van der Waals surface area contributed by atoms with Crippen molar-refractivity contribution >= 4 is 5.91 Å². The molecule has 0 saturated heterocycles. The molecule has 0 spiro atoms. The van der Waals surface area contributed by atoms with E-state index in [2.05, 4.69) is 5.32 Å². The highest BCUT2D eigenvalue weighted by Gasteiger charge is 2.06. The summed E-state index contributed by atoms with van der Waals surface area (Å²) in [6, 6.07) is 3.39. The zero-order valence-electron chi connectivity index (χ0n) is 9.92. The molecule has 18 heavy (non-hydrogen) atoms. The zero-order valence-corrected chi connectivity index (χ0v) is 9.92. The van der Waals surface area contributed by atoms with Crippen LogP contribution in [0.5, 0.6) is 0 Å². The normalized spacial score (nSPS) is 10.4. The van der Waals surface area contributed by atoms with Crippen LogP contribution in [0.15, 0.2) is 18.2 Å². The molecule has 100 valence electrons. The molecule has 0 aliphatic heterocycles. The summed E-state index contributed by atoms with van der Waals surface area (Å²) in [6.07, 6.45) is 0.00802. The van der Waals surface area contributed by atoms with Gasteiger partial charge in [0.2, 0.25) is 5.91 Å². The molecule has 0 fully saturated rings. The molecule has 1 aromatic carbocycles. The van der Waals surface area contributed by atoms with E-state index in [0.717, 1.165) is 12.1 Å². The van der Waals surface area contributed by atoms with E-state index < -0.39 is 11.6 Å². The highest BCUT2D eigenvalue weighted by Crippen LogP contribution is 2.08. The molecule has 0 atom stereocenters. The van der Waals surface area contributed by atoms with E-state index in [0.29, 0.717) is 31.9 Å². The van der Waals surface area contributed by atoms with Crippen LogP contribution in [0.25, 0.3) is 0 Å². The van der Waals surface area contributed by atoms with Gasteiger partial charge in [-0.15, -0.1) is 0 Å². The zero-order chi connectivity index (χ0) is 13.4. The number of carbonyl (C=O) groups is 1. The van der Waals surface area contributed by atoms with Gasteiger partial charge in [0.15, 0.2) is 11.6 Å². The number of amides is 1. The maximum Gasteiger partial charge on any atom is 0.224 e. The summed E-state index contributed by atoms with van der Waals surface area (Å²) in [5.74, 6) is -2.14. The summed E-state index contributed by atoms with van der Waals surface area (Å²) >= 11 is 0. The molecule has 1 aromatic rings. The van der Waals surface area contributed by atoms with Crippen molar-refractivity contribution in [2.45, 2.75) is 6.42 Å². The number of halogens is 2. The molecule has 1 rings (SSSR count). The van der Waals surface area contributed by atoms with E-state index in [1.54, 1.807) is 0 Å². The van der Waals surface area contributed by atoms with Gasteiger partial charge in [-0.05, 0) is 17.7 Å². The van der Waals surface area contributed by atoms with E-state index in [9.17, 15) is 13.6 Å². The van der Waals surface area contributed by atoms with Crippen LogP contribution in [0, 0.1) is 11.6 Å². The SMILES string of the molecule is NCCOCCNC(=O)Cc1ccc(F)c(F)c1. The van der Waals surface area contributed by atoms with Gasteiger partial charge in [0.1, 0.15) is 0 Å². The lowest BCUT2D eigenvalue weighted by Crippen LogP contribution is -2.29.